The fourth-order valence-corrected chi connectivity index (χ4v) is 1.96. The highest BCUT2D eigenvalue weighted by Crippen LogP contribution is 2.33. The van der Waals surface area contributed by atoms with E-state index < -0.39 is 10.8 Å². The number of nitro benzene ring substituents is 1. The largest absolute Gasteiger partial charge is 0.381 e. The first-order valence-electron chi connectivity index (χ1n) is 5.77. The predicted octanol–water partition coefficient (Wildman–Crippen LogP) is 2.33. The summed E-state index contributed by atoms with van der Waals surface area (Å²) in [6.45, 7) is 0. The van der Waals surface area contributed by atoms with E-state index in [2.05, 4.69) is 20.6 Å². The lowest BCUT2D eigenvalue weighted by atomic mass is 10.1. The van der Waals surface area contributed by atoms with Crippen LogP contribution in [0, 0.1) is 10.1 Å². The van der Waals surface area contributed by atoms with Crippen LogP contribution in [0.2, 0.25) is 5.02 Å². The van der Waals surface area contributed by atoms with Crippen LogP contribution in [0.5, 0.6) is 0 Å². The highest BCUT2D eigenvalue weighted by Gasteiger charge is 2.21. The molecule has 0 saturated heterocycles. The fourth-order valence-electron chi connectivity index (χ4n) is 1.65. The molecular weight excluding hydrogens is 298 g/mol. The summed E-state index contributed by atoms with van der Waals surface area (Å²) >= 11 is 5.95. The Morgan fingerprint density at radius 1 is 1.33 bits per heavy atom. The van der Waals surface area contributed by atoms with Crippen molar-refractivity contribution in [1.29, 1.82) is 0 Å². The number of halogens is 1. The molecule has 1 heterocycles. The third kappa shape index (κ3) is 3.23. The van der Waals surface area contributed by atoms with E-state index in [4.69, 9.17) is 11.6 Å². The predicted molar refractivity (Wildman–Crippen MR) is 77.6 cm³/mol. The minimum absolute atomic E-state index is 0.0400. The fraction of sp³-hybridized carbons (Fsp3) is 0.0833. The number of hydrogen-bond donors (Lipinski definition) is 2. The highest BCUT2D eigenvalue weighted by molar-refractivity contribution is 6.34. The van der Waals surface area contributed by atoms with Crippen LogP contribution in [-0.2, 0) is 0 Å². The van der Waals surface area contributed by atoms with Gasteiger partial charge < -0.3 is 5.32 Å². The van der Waals surface area contributed by atoms with Crippen molar-refractivity contribution in [2.45, 2.75) is 0 Å². The van der Waals surface area contributed by atoms with Crippen molar-refractivity contribution < 1.29 is 9.72 Å². The Morgan fingerprint density at radius 2 is 2.00 bits per heavy atom. The number of nitro groups is 1. The molecule has 0 atom stereocenters. The van der Waals surface area contributed by atoms with Crippen LogP contribution in [0.1, 0.15) is 10.4 Å². The molecule has 0 aliphatic carbocycles. The Bertz CT molecular complexity index is 693. The molecule has 1 aromatic carbocycles. The van der Waals surface area contributed by atoms with Crippen molar-refractivity contribution in [3.63, 3.8) is 0 Å². The van der Waals surface area contributed by atoms with Crippen LogP contribution in [0.4, 0.5) is 17.3 Å². The molecule has 2 rings (SSSR count). The molecule has 8 nitrogen and oxygen atoms in total. The number of amides is 1. The second-order valence-corrected chi connectivity index (χ2v) is 4.29. The zero-order chi connectivity index (χ0) is 15.4. The van der Waals surface area contributed by atoms with Crippen LogP contribution in [0.3, 0.4) is 0 Å². The van der Waals surface area contributed by atoms with Gasteiger partial charge in [-0.05, 0) is 12.1 Å². The van der Waals surface area contributed by atoms with Crippen molar-refractivity contribution in [3.05, 3.63) is 51.3 Å². The van der Waals surface area contributed by atoms with E-state index in [0.29, 0.717) is 0 Å². The van der Waals surface area contributed by atoms with E-state index in [9.17, 15) is 14.9 Å². The van der Waals surface area contributed by atoms with Crippen LogP contribution in [-0.4, -0.2) is 27.8 Å². The van der Waals surface area contributed by atoms with Crippen LogP contribution in [0.15, 0.2) is 30.6 Å². The number of nitrogens with one attached hydrogen (secondary N) is 2. The first-order chi connectivity index (χ1) is 10.0. The molecule has 0 spiro atoms. The maximum absolute atomic E-state index is 12.0. The lowest BCUT2D eigenvalue weighted by Gasteiger charge is -2.08. The molecule has 2 aromatic rings. The Labute approximate surface area is 124 Å². The third-order valence-corrected chi connectivity index (χ3v) is 2.87. The molecular formula is C12H10ClN5O3. The van der Waals surface area contributed by atoms with Gasteiger partial charge in [-0.2, -0.15) is 0 Å². The van der Waals surface area contributed by atoms with Crippen LogP contribution in [0.25, 0.3) is 0 Å². The van der Waals surface area contributed by atoms with Gasteiger partial charge in [-0.1, -0.05) is 11.6 Å². The molecule has 1 amide bonds. The number of rotatable bonds is 4. The van der Waals surface area contributed by atoms with E-state index in [1.54, 1.807) is 6.07 Å². The number of carbonyl (C=O) groups is 1. The Hall–Kier alpha value is -2.74. The maximum atomic E-state index is 12.0. The summed E-state index contributed by atoms with van der Waals surface area (Å²) in [7, 11) is 1.51. The smallest absolute Gasteiger partial charge is 0.294 e. The van der Waals surface area contributed by atoms with Gasteiger partial charge in [0, 0.05) is 31.1 Å². The lowest BCUT2D eigenvalue weighted by molar-refractivity contribution is -0.383. The monoisotopic (exact) mass is 307 g/mol. The zero-order valence-electron chi connectivity index (χ0n) is 10.8. The summed E-state index contributed by atoms with van der Waals surface area (Å²) in [6.07, 6.45) is 2.92. The van der Waals surface area contributed by atoms with Crippen molar-refractivity contribution in [1.82, 2.24) is 9.97 Å². The average Bonchev–Trinajstić information content (AvgIpc) is 2.47. The van der Waals surface area contributed by atoms with Gasteiger partial charge in [0.25, 0.3) is 11.6 Å². The lowest BCUT2D eigenvalue weighted by Crippen LogP contribution is -2.14. The van der Waals surface area contributed by atoms with E-state index in [1.807, 2.05) is 0 Å². The Balaban J connectivity index is 2.36. The quantitative estimate of drug-likeness (QED) is 0.662. The van der Waals surface area contributed by atoms with E-state index >= 15 is 0 Å². The summed E-state index contributed by atoms with van der Waals surface area (Å²) in [5.41, 5.74) is -0.100. The molecule has 0 aliphatic heterocycles. The maximum Gasteiger partial charge on any atom is 0.294 e. The van der Waals surface area contributed by atoms with Crippen LogP contribution < -0.4 is 10.6 Å². The van der Waals surface area contributed by atoms with Gasteiger partial charge in [-0.15, -0.1) is 0 Å². The molecule has 0 radical (unpaired) electrons. The normalized spacial score (nSPS) is 10.0. The minimum Gasteiger partial charge on any atom is -0.381 e. The molecule has 0 unspecified atom stereocenters. The second kappa shape index (κ2) is 6.14. The first-order valence-corrected chi connectivity index (χ1v) is 6.14. The zero-order valence-corrected chi connectivity index (χ0v) is 11.6. The Kier molecular flexibility index (Phi) is 4.29. The summed E-state index contributed by atoms with van der Waals surface area (Å²) < 4.78 is 0. The number of hydrogen-bond acceptors (Lipinski definition) is 6. The summed E-state index contributed by atoms with van der Waals surface area (Å²) in [5, 5.41) is 16.1. The molecule has 0 saturated carbocycles. The Morgan fingerprint density at radius 3 is 2.57 bits per heavy atom. The minimum atomic E-state index is -0.618. The van der Waals surface area contributed by atoms with Gasteiger partial charge >= 0.3 is 0 Å². The van der Waals surface area contributed by atoms with Gasteiger partial charge in [0.05, 0.1) is 9.95 Å². The van der Waals surface area contributed by atoms with E-state index in [-0.39, 0.29) is 27.9 Å². The number of anilines is 2. The SMILES string of the molecule is CNc1c(Cl)cc(C(=O)Nc2ncccn2)cc1[N+](=O)[O-]. The molecule has 0 bridgehead atoms. The van der Waals surface area contributed by atoms with Crippen molar-refractivity contribution in [3.8, 4) is 0 Å². The molecule has 21 heavy (non-hydrogen) atoms. The highest BCUT2D eigenvalue weighted by atomic mass is 35.5. The molecule has 9 heteroatoms. The van der Waals surface area contributed by atoms with Gasteiger partial charge in [0.1, 0.15) is 5.69 Å². The summed E-state index contributed by atoms with van der Waals surface area (Å²) in [6, 6.07) is 4.06. The van der Waals surface area contributed by atoms with Gasteiger partial charge in [0.2, 0.25) is 5.95 Å². The van der Waals surface area contributed by atoms with E-state index in [0.717, 1.165) is 6.07 Å². The van der Waals surface area contributed by atoms with Gasteiger partial charge in [-0.25, -0.2) is 9.97 Å². The van der Waals surface area contributed by atoms with Crippen molar-refractivity contribution in [2.24, 2.45) is 0 Å². The second-order valence-electron chi connectivity index (χ2n) is 3.89. The molecule has 1 aromatic heterocycles. The number of benzene rings is 1. The summed E-state index contributed by atoms with van der Waals surface area (Å²) in [4.78, 5) is 30.1. The third-order valence-electron chi connectivity index (χ3n) is 2.57. The van der Waals surface area contributed by atoms with Gasteiger partial charge in [-0.3, -0.25) is 20.2 Å². The summed E-state index contributed by atoms with van der Waals surface area (Å²) in [5.74, 6) is -0.493. The van der Waals surface area contributed by atoms with Crippen molar-refractivity contribution in [2.75, 3.05) is 17.7 Å². The average molecular weight is 308 g/mol. The molecule has 108 valence electrons. The molecule has 2 N–H and O–H groups in total. The standard InChI is InChI=1S/C12H10ClN5O3/c1-14-10-8(13)5-7(6-9(10)18(20)21)11(19)17-12-15-3-2-4-16-12/h2-6,14H,1H3,(H,15,16,17,19). The van der Waals surface area contributed by atoms with Crippen LogP contribution >= 0.6 is 11.6 Å². The number of carbonyl (C=O) groups excluding carboxylic acids is 1. The van der Waals surface area contributed by atoms with Gasteiger partial charge in [0.15, 0.2) is 0 Å². The number of aromatic nitrogens is 2. The van der Waals surface area contributed by atoms with Crippen molar-refractivity contribution >= 4 is 34.8 Å². The number of nitrogens with zero attached hydrogens (tertiary/aromatic N) is 3. The first kappa shape index (κ1) is 14.7. The molecule has 0 fully saturated rings. The molecule has 0 aliphatic rings. The van der Waals surface area contributed by atoms with E-state index in [1.165, 1.54) is 25.5 Å². The topological polar surface area (TPSA) is 110 Å².